The van der Waals surface area contributed by atoms with Crippen LogP contribution in [0.3, 0.4) is 0 Å². The highest BCUT2D eigenvalue weighted by atomic mass is 32.2. The van der Waals surface area contributed by atoms with Gasteiger partial charge in [-0.3, -0.25) is 9.79 Å². The van der Waals surface area contributed by atoms with Crippen LogP contribution in [0.15, 0.2) is 47.5 Å². The highest BCUT2D eigenvalue weighted by Crippen LogP contribution is 2.25. The number of rotatable bonds is 5. The number of hydrogen-bond acceptors (Lipinski definition) is 5. The van der Waals surface area contributed by atoms with Gasteiger partial charge in [-0.25, -0.2) is 0 Å². The number of nitrogens with zero attached hydrogens (tertiary/aromatic N) is 2. The molecule has 0 bridgehead atoms. The molecule has 2 aromatic rings. The van der Waals surface area contributed by atoms with Crippen LogP contribution >= 0.6 is 11.8 Å². The van der Waals surface area contributed by atoms with E-state index in [9.17, 15) is 4.79 Å². The SMILES string of the molecule is COc1ccc(C(=O)CN(C2=NCCCS2)c2ccc(C)c(C)c2)cc1. The first kappa shape index (κ1) is 18.5. The summed E-state index contributed by atoms with van der Waals surface area (Å²) in [5.41, 5.74) is 4.16. The molecule has 0 saturated carbocycles. The van der Waals surface area contributed by atoms with Crippen LogP contribution in [0, 0.1) is 13.8 Å². The summed E-state index contributed by atoms with van der Waals surface area (Å²) >= 11 is 1.72. The Labute approximate surface area is 159 Å². The van der Waals surface area contributed by atoms with Crippen LogP contribution < -0.4 is 9.64 Å². The number of benzene rings is 2. The number of aliphatic imine (C=N–C) groups is 1. The van der Waals surface area contributed by atoms with Crippen molar-refractivity contribution < 1.29 is 9.53 Å². The van der Waals surface area contributed by atoms with E-state index < -0.39 is 0 Å². The Kier molecular flexibility index (Phi) is 5.99. The molecular formula is C21H24N2O2S. The van der Waals surface area contributed by atoms with Gasteiger partial charge in [-0.05, 0) is 67.8 Å². The van der Waals surface area contributed by atoms with Gasteiger partial charge in [0.2, 0.25) is 0 Å². The summed E-state index contributed by atoms with van der Waals surface area (Å²) in [6.45, 7) is 5.29. The summed E-state index contributed by atoms with van der Waals surface area (Å²) in [6, 6.07) is 13.6. The van der Waals surface area contributed by atoms with Gasteiger partial charge in [0.25, 0.3) is 0 Å². The van der Waals surface area contributed by atoms with Crippen molar-refractivity contribution in [2.45, 2.75) is 20.3 Å². The molecule has 0 N–H and O–H groups in total. The molecule has 0 fully saturated rings. The fourth-order valence-electron chi connectivity index (χ4n) is 2.79. The van der Waals surface area contributed by atoms with Gasteiger partial charge in [-0.2, -0.15) is 0 Å². The summed E-state index contributed by atoms with van der Waals surface area (Å²) in [7, 11) is 1.62. The molecule has 0 spiro atoms. The Morgan fingerprint density at radius 2 is 1.92 bits per heavy atom. The highest BCUT2D eigenvalue weighted by molar-refractivity contribution is 8.14. The molecule has 1 aliphatic heterocycles. The molecule has 0 atom stereocenters. The van der Waals surface area contributed by atoms with Crippen molar-refractivity contribution in [1.82, 2.24) is 0 Å². The van der Waals surface area contributed by atoms with Crippen molar-refractivity contribution >= 4 is 28.4 Å². The molecule has 0 aromatic heterocycles. The van der Waals surface area contributed by atoms with E-state index in [2.05, 4.69) is 37.0 Å². The average molecular weight is 369 g/mol. The van der Waals surface area contributed by atoms with Crippen LogP contribution in [0.4, 0.5) is 5.69 Å². The quantitative estimate of drug-likeness (QED) is 0.729. The summed E-state index contributed by atoms with van der Waals surface area (Å²) in [5, 5.41) is 0.932. The minimum Gasteiger partial charge on any atom is -0.497 e. The number of thioether (sulfide) groups is 1. The number of ketones is 1. The van der Waals surface area contributed by atoms with Crippen LogP contribution in [0.25, 0.3) is 0 Å². The maximum atomic E-state index is 12.9. The molecule has 0 radical (unpaired) electrons. The smallest absolute Gasteiger partial charge is 0.182 e. The lowest BCUT2D eigenvalue weighted by molar-refractivity contribution is 0.100. The predicted molar refractivity (Wildman–Crippen MR) is 110 cm³/mol. The lowest BCUT2D eigenvalue weighted by atomic mass is 10.1. The summed E-state index contributed by atoms with van der Waals surface area (Å²) in [4.78, 5) is 19.6. The van der Waals surface area contributed by atoms with Crippen LogP contribution in [-0.4, -0.2) is 36.9 Å². The predicted octanol–water partition coefficient (Wildman–Crippen LogP) is 4.49. The maximum absolute atomic E-state index is 12.9. The summed E-state index contributed by atoms with van der Waals surface area (Å²) in [6.07, 6.45) is 1.08. The Bertz CT molecular complexity index is 815. The monoisotopic (exact) mass is 368 g/mol. The minimum atomic E-state index is 0.0692. The van der Waals surface area contributed by atoms with Crippen LogP contribution in [-0.2, 0) is 0 Å². The van der Waals surface area contributed by atoms with E-state index in [1.807, 2.05) is 29.2 Å². The van der Waals surface area contributed by atoms with Crippen molar-refractivity contribution in [2.75, 3.05) is 30.9 Å². The van der Waals surface area contributed by atoms with Gasteiger partial charge in [0.05, 0.1) is 13.7 Å². The number of amidine groups is 1. The van der Waals surface area contributed by atoms with Gasteiger partial charge >= 0.3 is 0 Å². The Morgan fingerprint density at radius 1 is 1.15 bits per heavy atom. The van der Waals surface area contributed by atoms with Crippen molar-refractivity contribution in [2.24, 2.45) is 4.99 Å². The zero-order valence-corrected chi connectivity index (χ0v) is 16.3. The standard InChI is InChI=1S/C21H24N2O2S/c1-15-5-8-18(13-16(15)2)23(21-22-11-4-12-26-21)14-20(24)17-6-9-19(25-3)10-7-17/h5-10,13H,4,11-12,14H2,1-3H3. The second-order valence-electron chi connectivity index (χ2n) is 6.37. The molecule has 4 nitrogen and oxygen atoms in total. The lowest BCUT2D eigenvalue weighted by Gasteiger charge is -2.27. The normalized spacial score (nSPS) is 13.9. The van der Waals surface area contributed by atoms with Crippen LogP contribution in [0.5, 0.6) is 5.75 Å². The molecule has 26 heavy (non-hydrogen) atoms. The number of methoxy groups -OCH3 is 1. The molecule has 5 heteroatoms. The Morgan fingerprint density at radius 3 is 2.54 bits per heavy atom. The minimum absolute atomic E-state index is 0.0692. The van der Waals surface area contributed by atoms with Gasteiger partial charge in [-0.1, -0.05) is 17.8 Å². The first-order chi connectivity index (χ1) is 12.6. The lowest BCUT2D eigenvalue weighted by Crippen LogP contribution is -2.35. The second kappa shape index (κ2) is 8.41. The maximum Gasteiger partial charge on any atom is 0.182 e. The average Bonchev–Trinajstić information content (AvgIpc) is 2.69. The Balaban J connectivity index is 1.88. The number of Topliss-reactive ketones (excluding diaryl/α,β-unsaturated/α-hetero) is 1. The largest absolute Gasteiger partial charge is 0.497 e. The van der Waals surface area contributed by atoms with Gasteiger partial charge < -0.3 is 9.64 Å². The summed E-state index contributed by atoms with van der Waals surface area (Å²) in [5.74, 6) is 1.86. The van der Waals surface area contributed by atoms with E-state index >= 15 is 0 Å². The first-order valence-corrected chi connectivity index (χ1v) is 9.76. The number of anilines is 1. The molecule has 1 aliphatic rings. The third-order valence-electron chi connectivity index (χ3n) is 4.53. The first-order valence-electron chi connectivity index (χ1n) is 8.78. The number of aryl methyl sites for hydroxylation is 2. The molecule has 3 rings (SSSR count). The van der Waals surface area contributed by atoms with E-state index in [1.54, 1.807) is 18.9 Å². The van der Waals surface area contributed by atoms with Crippen molar-refractivity contribution in [3.8, 4) is 5.75 Å². The van der Waals surface area contributed by atoms with E-state index in [4.69, 9.17) is 4.74 Å². The molecule has 136 valence electrons. The molecule has 2 aromatic carbocycles. The van der Waals surface area contributed by atoms with Gasteiger partial charge in [0.1, 0.15) is 5.75 Å². The summed E-state index contributed by atoms with van der Waals surface area (Å²) < 4.78 is 5.17. The molecular weight excluding hydrogens is 344 g/mol. The molecule has 0 unspecified atom stereocenters. The third-order valence-corrected chi connectivity index (χ3v) is 5.63. The number of hydrogen-bond donors (Lipinski definition) is 0. The van der Waals surface area contributed by atoms with Gasteiger partial charge in [0, 0.05) is 23.5 Å². The number of ether oxygens (including phenoxy) is 1. The van der Waals surface area contributed by atoms with E-state index in [0.29, 0.717) is 5.56 Å². The molecule has 0 aliphatic carbocycles. The van der Waals surface area contributed by atoms with Crippen molar-refractivity contribution in [1.29, 1.82) is 0 Å². The third kappa shape index (κ3) is 4.28. The van der Waals surface area contributed by atoms with Gasteiger partial charge in [0.15, 0.2) is 11.0 Å². The number of carbonyl (C=O) groups excluding carboxylic acids is 1. The zero-order chi connectivity index (χ0) is 18.5. The Hall–Kier alpha value is -2.27. The zero-order valence-electron chi connectivity index (χ0n) is 15.5. The van der Waals surface area contributed by atoms with Crippen molar-refractivity contribution in [3.63, 3.8) is 0 Å². The topological polar surface area (TPSA) is 41.9 Å². The highest BCUT2D eigenvalue weighted by Gasteiger charge is 2.21. The number of carbonyl (C=O) groups is 1. The molecule has 0 saturated heterocycles. The van der Waals surface area contributed by atoms with Crippen molar-refractivity contribution in [3.05, 3.63) is 59.2 Å². The second-order valence-corrected chi connectivity index (χ2v) is 7.43. The van der Waals surface area contributed by atoms with Crippen LogP contribution in [0.1, 0.15) is 27.9 Å². The molecule has 1 heterocycles. The van der Waals surface area contributed by atoms with E-state index in [-0.39, 0.29) is 12.3 Å². The fourth-order valence-corrected chi connectivity index (χ4v) is 3.75. The van der Waals surface area contributed by atoms with Crippen LogP contribution in [0.2, 0.25) is 0 Å². The van der Waals surface area contributed by atoms with E-state index in [0.717, 1.165) is 35.3 Å². The van der Waals surface area contributed by atoms with E-state index in [1.165, 1.54) is 11.1 Å². The fraction of sp³-hybridized carbons (Fsp3) is 0.333. The molecule has 0 amide bonds. The van der Waals surface area contributed by atoms with Gasteiger partial charge in [-0.15, -0.1) is 0 Å².